The minimum atomic E-state index is -0.139. The second kappa shape index (κ2) is 5.97. The number of ether oxygens (including phenoxy) is 1. The second-order valence-corrected chi connectivity index (χ2v) is 6.41. The van der Waals surface area contributed by atoms with Gasteiger partial charge in [0.2, 0.25) is 17.6 Å². The van der Waals surface area contributed by atoms with Crippen LogP contribution in [0, 0.1) is 12.8 Å². The summed E-state index contributed by atoms with van der Waals surface area (Å²) in [5.41, 5.74) is 0. The van der Waals surface area contributed by atoms with E-state index < -0.39 is 0 Å². The Kier molecular flexibility index (Phi) is 3.79. The number of aromatic nitrogens is 5. The summed E-state index contributed by atoms with van der Waals surface area (Å²) in [6.07, 6.45) is 3.28. The maximum absolute atomic E-state index is 12.6. The van der Waals surface area contributed by atoms with Gasteiger partial charge in [-0.15, -0.1) is 15.3 Å². The van der Waals surface area contributed by atoms with Gasteiger partial charge in [-0.2, -0.15) is 0 Å². The van der Waals surface area contributed by atoms with Crippen LogP contribution in [-0.2, 0) is 11.8 Å². The van der Waals surface area contributed by atoms with Crippen LogP contribution in [0.15, 0.2) is 10.7 Å². The zero-order valence-corrected chi connectivity index (χ0v) is 13.8. The zero-order valence-electron chi connectivity index (χ0n) is 13.8. The first-order valence-corrected chi connectivity index (χ1v) is 8.18. The molecule has 2 aliphatic heterocycles. The van der Waals surface area contributed by atoms with Gasteiger partial charge in [-0.05, 0) is 12.8 Å². The first kappa shape index (κ1) is 15.3. The monoisotopic (exact) mass is 332 g/mol. The van der Waals surface area contributed by atoms with Crippen LogP contribution < -0.4 is 0 Å². The molecule has 0 bridgehead atoms. The number of carbonyl (C=O) groups is 1. The molecule has 4 heterocycles. The maximum Gasteiger partial charge on any atom is 0.293 e. The van der Waals surface area contributed by atoms with Crippen molar-refractivity contribution in [2.24, 2.45) is 13.0 Å². The highest BCUT2D eigenvalue weighted by molar-refractivity contribution is 5.90. The van der Waals surface area contributed by atoms with E-state index in [-0.39, 0.29) is 29.7 Å². The van der Waals surface area contributed by atoms with Gasteiger partial charge in [0.15, 0.2) is 0 Å². The summed E-state index contributed by atoms with van der Waals surface area (Å²) in [7, 11) is 1.75. The molecule has 2 aromatic rings. The Hall–Kier alpha value is -2.29. The Morgan fingerprint density at radius 3 is 2.92 bits per heavy atom. The Labute approximate surface area is 139 Å². The van der Waals surface area contributed by atoms with Crippen molar-refractivity contribution in [1.29, 1.82) is 0 Å². The molecule has 2 fully saturated rings. The van der Waals surface area contributed by atoms with Gasteiger partial charge in [-0.1, -0.05) is 0 Å². The van der Waals surface area contributed by atoms with Gasteiger partial charge in [-0.25, -0.2) is 4.98 Å². The smallest absolute Gasteiger partial charge is 0.293 e. The molecular formula is C15H20N6O3. The molecule has 3 atom stereocenters. The first-order valence-electron chi connectivity index (χ1n) is 8.18. The van der Waals surface area contributed by atoms with Crippen molar-refractivity contribution in [3.8, 4) is 0 Å². The lowest BCUT2D eigenvalue weighted by Gasteiger charge is -2.43. The second-order valence-electron chi connectivity index (χ2n) is 6.41. The zero-order chi connectivity index (χ0) is 16.7. The summed E-state index contributed by atoms with van der Waals surface area (Å²) in [5.74, 6) is 1.58. The highest BCUT2D eigenvalue weighted by Crippen LogP contribution is 2.39. The highest BCUT2D eigenvalue weighted by atomic mass is 16.5. The summed E-state index contributed by atoms with van der Waals surface area (Å²) in [6, 6.07) is 0. The van der Waals surface area contributed by atoms with Crippen molar-refractivity contribution in [1.82, 2.24) is 29.9 Å². The Balaban J connectivity index is 1.54. The van der Waals surface area contributed by atoms with E-state index >= 15 is 0 Å². The van der Waals surface area contributed by atoms with Gasteiger partial charge >= 0.3 is 0 Å². The lowest BCUT2D eigenvalue weighted by molar-refractivity contribution is -0.0752. The number of rotatable bonds is 2. The molecule has 0 saturated carbocycles. The Bertz CT molecular complexity index is 741. The summed E-state index contributed by atoms with van der Waals surface area (Å²) in [4.78, 5) is 18.5. The Morgan fingerprint density at radius 2 is 2.21 bits per heavy atom. The normalized spacial score (nSPS) is 27.1. The quantitative estimate of drug-likeness (QED) is 0.791. The van der Waals surface area contributed by atoms with E-state index in [0.29, 0.717) is 31.5 Å². The van der Waals surface area contributed by atoms with Gasteiger partial charge in [0.05, 0.1) is 6.10 Å². The summed E-state index contributed by atoms with van der Waals surface area (Å²) >= 11 is 0. The standard InChI is InChI=1S/C15H20N6O3/c1-9-17-18-14(24-9)10-4-6-23-12-3-5-21(7-11(10)12)15(22)13-16-8-20(2)19-13/h8,10-12H,3-7H2,1-2H3/t10-,11-,12-/m1/s1. The fourth-order valence-corrected chi connectivity index (χ4v) is 3.65. The van der Waals surface area contributed by atoms with Crippen molar-refractivity contribution >= 4 is 5.91 Å². The fraction of sp³-hybridized carbons (Fsp3) is 0.667. The number of fused-ring (bicyclic) bond motifs is 1. The van der Waals surface area contributed by atoms with Gasteiger partial charge < -0.3 is 14.1 Å². The first-order chi connectivity index (χ1) is 11.6. The molecule has 24 heavy (non-hydrogen) atoms. The predicted octanol–water partition coefficient (Wildman–Crippen LogP) is 0.541. The molecule has 0 aliphatic carbocycles. The van der Waals surface area contributed by atoms with Crippen LogP contribution in [0.1, 0.15) is 41.2 Å². The van der Waals surface area contributed by atoms with Crippen LogP contribution in [0.4, 0.5) is 0 Å². The van der Waals surface area contributed by atoms with E-state index in [2.05, 4.69) is 20.3 Å². The minimum absolute atomic E-state index is 0.122. The van der Waals surface area contributed by atoms with Crippen LogP contribution in [0.5, 0.6) is 0 Å². The molecule has 0 spiro atoms. The number of amides is 1. The lowest BCUT2D eigenvalue weighted by Crippen LogP contribution is -2.51. The molecular weight excluding hydrogens is 312 g/mol. The van der Waals surface area contributed by atoms with Crippen molar-refractivity contribution in [2.45, 2.75) is 31.8 Å². The van der Waals surface area contributed by atoms with Crippen molar-refractivity contribution in [3.05, 3.63) is 23.9 Å². The molecule has 0 aromatic carbocycles. The van der Waals surface area contributed by atoms with E-state index in [0.717, 1.165) is 12.8 Å². The van der Waals surface area contributed by atoms with Crippen molar-refractivity contribution < 1.29 is 13.9 Å². The number of likely N-dealkylation sites (tertiary alicyclic amines) is 1. The van der Waals surface area contributed by atoms with Gasteiger partial charge in [-0.3, -0.25) is 9.48 Å². The number of aryl methyl sites for hydroxylation is 2. The fourth-order valence-electron chi connectivity index (χ4n) is 3.65. The third-order valence-electron chi connectivity index (χ3n) is 4.81. The number of piperidine rings is 1. The highest BCUT2D eigenvalue weighted by Gasteiger charge is 2.42. The van der Waals surface area contributed by atoms with E-state index in [1.807, 2.05) is 0 Å². The molecule has 2 saturated heterocycles. The van der Waals surface area contributed by atoms with Crippen molar-refractivity contribution in [2.75, 3.05) is 19.7 Å². The van der Waals surface area contributed by atoms with E-state index in [4.69, 9.17) is 9.15 Å². The molecule has 1 amide bonds. The summed E-state index contributed by atoms with van der Waals surface area (Å²) < 4.78 is 13.1. The summed E-state index contributed by atoms with van der Waals surface area (Å²) in [5, 5.41) is 12.2. The van der Waals surface area contributed by atoms with Gasteiger partial charge in [0.25, 0.3) is 5.91 Å². The number of hydrogen-bond acceptors (Lipinski definition) is 7. The van der Waals surface area contributed by atoms with Crippen LogP contribution in [0.3, 0.4) is 0 Å². The average molecular weight is 332 g/mol. The molecule has 9 nitrogen and oxygen atoms in total. The van der Waals surface area contributed by atoms with Crippen LogP contribution in [-0.4, -0.2) is 61.6 Å². The van der Waals surface area contributed by atoms with Crippen molar-refractivity contribution in [3.63, 3.8) is 0 Å². The Morgan fingerprint density at radius 1 is 1.33 bits per heavy atom. The molecule has 9 heteroatoms. The summed E-state index contributed by atoms with van der Waals surface area (Å²) in [6.45, 7) is 3.71. The third kappa shape index (κ3) is 2.68. The average Bonchev–Trinajstić information content (AvgIpc) is 3.21. The predicted molar refractivity (Wildman–Crippen MR) is 81.1 cm³/mol. The van der Waals surface area contributed by atoms with Crippen LogP contribution in [0.2, 0.25) is 0 Å². The SMILES string of the molecule is Cc1nnc([C@@H]2CCO[C@@H]3CCN(C(=O)c4ncn(C)n4)C[C@@H]32)o1. The topological polar surface area (TPSA) is 99.2 Å². The molecule has 4 rings (SSSR count). The molecule has 0 radical (unpaired) electrons. The maximum atomic E-state index is 12.6. The largest absolute Gasteiger partial charge is 0.425 e. The third-order valence-corrected chi connectivity index (χ3v) is 4.81. The van der Waals surface area contributed by atoms with Crippen LogP contribution in [0.25, 0.3) is 0 Å². The molecule has 0 unspecified atom stereocenters. The van der Waals surface area contributed by atoms with Gasteiger partial charge in [0, 0.05) is 45.5 Å². The van der Waals surface area contributed by atoms with E-state index in [1.54, 1.807) is 18.9 Å². The minimum Gasteiger partial charge on any atom is -0.425 e. The molecule has 2 aromatic heterocycles. The molecule has 2 aliphatic rings. The number of nitrogens with zero attached hydrogens (tertiary/aromatic N) is 6. The molecule has 0 N–H and O–H groups in total. The number of carbonyl (C=O) groups excluding carboxylic acids is 1. The van der Waals surface area contributed by atoms with Crippen LogP contribution >= 0.6 is 0 Å². The van der Waals surface area contributed by atoms with E-state index in [9.17, 15) is 4.79 Å². The molecule has 128 valence electrons. The van der Waals surface area contributed by atoms with Gasteiger partial charge in [0.1, 0.15) is 6.33 Å². The van der Waals surface area contributed by atoms with E-state index in [1.165, 1.54) is 11.0 Å². The number of hydrogen-bond donors (Lipinski definition) is 0. The lowest BCUT2D eigenvalue weighted by atomic mass is 9.79.